The Morgan fingerprint density at radius 2 is 1.79 bits per heavy atom. The van der Waals surface area contributed by atoms with Gasteiger partial charge in [-0.15, -0.1) is 0 Å². The molecule has 12 heteroatoms. The van der Waals surface area contributed by atoms with Crippen molar-refractivity contribution in [1.82, 2.24) is 24.3 Å². The summed E-state index contributed by atoms with van der Waals surface area (Å²) in [5.74, 6) is 1.78. The Morgan fingerprint density at radius 3 is 2.47 bits per heavy atom. The summed E-state index contributed by atoms with van der Waals surface area (Å²) >= 11 is 6.36. The van der Waals surface area contributed by atoms with E-state index in [-0.39, 0.29) is 18.1 Å². The summed E-state index contributed by atoms with van der Waals surface area (Å²) in [6.45, 7) is 9.06. The molecule has 5 rings (SSSR count). The summed E-state index contributed by atoms with van der Waals surface area (Å²) in [4.78, 5) is 22.4. The van der Waals surface area contributed by atoms with E-state index in [0.29, 0.717) is 28.2 Å². The van der Waals surface area contributed by atoms with Crippen LogP contribution in [-0.2, 0) is 6.61 Å². The van der Waals surface area contributed by atoms with E-state index in [1.807, 2.05) is 37.6 Å². The number of fused-ring (bicyclic) bond motifs is 1. The van der Waals surface area contributed by atoms with Gasteiger partial charge in [0, 0.05) is 61.4 Å². The first-order valence-corrected chi connectivity index (χ1v) is 12.8. The van der Waals surface area contributed by atoms with Crippen molar-refractivity contribution in [2.75, 3.05) is 54.1 Å². The average molecular weight is 538 g/mol. The summed E-state index contributed by atoms with van der Waals surface area (Å²) < 4.78 is 7.25. The number of methoxy groups -OCH3 is 1. The van der Waals surface area contributed by atoms with Crippen molar-refractivity contribution < 1.29 is 9.84 Å². The molecule has 11 nitrogen and oxygen atoms in total. The van der Waals surface area contributed by atoms with Crippen LogP contribution in [0.2, 0.25) is 5.02 Å². The van der Waals surface area contributed by atoms with E-state index >= 15 is 0 Å². The molecule has 0 atom stereocenters. The summed E-state index contributed by atoms with van der Waals surface area (Å²) in [5.41, 5.74) is 9.86. The van der Waals surface area contributed by atoms with Gasteiger partial charge in [0.1, 0.15) is 11.4 Å². The molecule has 1 aliphatic heterocycles. The predicted octanol–water partition coefficient (Wildman–Crippen LogP) is 3.46. The average Bonchev–Trinajstić information content (AvgIpc) is 3.30. The highest BCUT2D eigenvalue weighted by molar-refractivity contribution is 6.32. The molecule has 0 bridgehead atoms. The lowest BCUT2D eigenvalue weighted by atomic mass is 10.1. The van der Waals surface area contributed by atoms with E-state index in [2.05, 4.69) is 42.2 Å². The zero-order valence-corrected chi connectivity index (χ0v) is 22.7. The number of hydrogen-bond donors (Lipinski definition) is 3. The van der Waals surface area contributed by atoms with Crippen LogP contribution >= 0.6 is 11.6 Å². The van der Waals surface area contributed by atoms with Crippen molar-refractivity contribution in [2.24, 2.45) is 0 Å². The van der Waals surface area contributed by atoms with Crippen LogP contribution in [-0.4, -0.2) is 68.3 Å². The van der Waals surface area contributed by atoms with Gasteiger partial charge in [-0.3, -0.25) is 0 Å². The van der Waals surface area contributed by atoms with Crippen LogP contribution in [0.15, 0.2) is 36.7 Å². The number of halogens is 1. The van der Waals surface area contributed by atoms with E-state index in [1.54, 1.807) is 19.2 Å². The van der Waals surface area contributed by atoms with Gasteiger partial charge in [0.15, 0.2) is 0 Å². The molecule has 0 amide bonds. The third kappa shape index (κ3) is 5.39. The minimum atomic E-state index is -0.186. The van der Waals surface area contributed by atoms with Crippen LogP contribution in [0.1, 0.15) is 26.3 Å². The van der Waals surface area contributed by atoms with Crippen molar-refractivity contribution in [3.8, 4) is 17.0 Å². The van der Waals surface area contributed by atoms with Crippen molar-refractivity contribution in [3.05, 3.63) is 47.2 Å². The summed E-state index contributed by atoms with van der Waals surface area (Å²) in [5, 5.41) is 13.6. The molecule has 38 heavy (non-hydrogen) atoms. The van der Waals surface area contributed by atoms with Gasteiger partial charge in [0.25, 0.3) is 0 Å². The fraction of sp³-hybridized carbons (Fsp3) is 0.385. The van der Waals surface area contributed by atoms with Gasteiger partial charge in [-0.1, -0.05) is 11.6 Å². The molecule has 1 saturated heterocycles. The second-order valence-electron chi connectivity index (χ2n) is 10.2. The number of nitrogens with zero attached hydrogens (tertiary/aromatic N) is 7. The normalized spacial score (nSPS) is 14.3. The van der Waals surface area contributed by atoms with Crippen LogP contribution in [0.25, 0.3) is 16.9 Å². The number of hydrogen-bond acceptors (Lipinski definition) is 10. The number of aliphatic hydroxyl groups excluding tert-OH is 1. The highest BCUT2D eigenvalue weighted by Crippen LogP contribution is 2.34. The molecule has 0 spiro atoms. The molecular weight excluding hydrogens is 506 g/mol. The van der Waals surface area contributed by atoms with Crippen molar-refractivity contribution in [2.45, 2.75) is 32.9 Å². The van der Waals surface area contributed by atoms with Gasteiger partial charge in [0.05, 0.1) is 24.4 Å². The molecule has 1 aliphatic rings. The van der Waals surface area contributed by atoms with Gasteiger partial charge < -0.3 is 35.1 Å². The van der Waals surface area contributed by atoms with Crippen LogP contribution in [0.5, 0.6) is 5.75 Å². The Bertz CT molecular complexity index is 1460. The topological polar surface area (TPSA) is 130 Å². The number of aliphatic hydroxyl groups is 1. The Morgan fingerprint density at radius 1 is 1.05 bits per heavy atom. The van der Waals surface area contributed by atoms with Gasteiger partial charge in [-0.2, -0.15) is 15.0 Å². The van der Waals surface area contributed by atoms with E-state index in [4.69, 9.17) is 27.1 Å². The fourth-order valence-electron chi connectivity index (χ4n) is 4.50. The Balaban J connectivity index is 1.33. The number of rotatable bonds is 6. The van der Waals surface area contributed by atoms with E-state index in [9.17, 15) is 5.11 Å². The lowest BCUT2D eigenvalue weighted by Crippen LogP contribution is -2.47. The maximum atomic E-state index is 9.90. The zero-order valence-electron chi connectivity index (χ0n) is 21.9. The maximum Gasteiger partial charge on any atom is 0.232 e. The number of nitrogens with two attached hydrogens (primary N) is 1. The first kappa shape index (κ1) is 25.8. The van der Waals surface area contributed by atoms with Crippen LogP contribution < -0.4 is 25.6 Å². The smallest absolute Gasteiger partial charge is 0.232 e. The van der Waals surface area contributed by atoms with Gasteiger partial charge >= 0.3 is 0 Å². The standard InChI is InChI=1S/C26H32ClN9O2/c1-26(2,3)33-24-30-23(28)31-25(32-24)35-9-7-34(8-10-35)17-5-6-36-14-20(29-22(36)12-17)18-13-19(27)21(38-4)11-16(18)15-37/h5-6,11-14,37H,7-10,15H2,1-4H3,(H3,28,30,31,32,33). The van der Waals surface area contributed by atoms with E-state index < -0.39 is 0 Å². The molecule has 0 radical (unpaired) electrons. The summed E-state index contributed by atoms with van der Waals surface area (Å²) in [6, 6.07) is 7.67. The SMILES string of the molecule is COc1cc(CO)c(-c2cn3ccc(N4CCN(c5nc(N)nc(NC(C)(C)C)n5)CC4)cc3n2)cc1Cl. The third-order valence-electron chi connectivity index (χ3n) is 6.32. The lowest BCUT2D eigenvalue weighted by Gasteiger charge is -2.36. The van der Waals surface area contributed by atoms with E-state index in [0.717, 1.165) is 48.8 Å². The second-order valence-corrected chi connectivity index (χ2v) is 10.7. The largest absolute Gasteiger partial charge is 0.495 e. The molecule has 4 N–H and O–H groups in total. The third-order valence-corrected chi connectivity index (χ3v) is 6.62. The number of ether oxygens (including phenoxy) is 1. The monoisotopic (exact) mass is 537 g/mol. The molecular formula is C26H32ClN9O2. The zero-order chi connectivity index (χ0) is 27.0. The quantitative estimate of drug-likeness (QED) is 0.336. The Labute approximate surface area is 226 Å². The first-order chi connectivity index (χ1) is 18.1. The minimum Gasteiger partial charge on any atom is -0.495 e. The van der Waals surface area contributed by atoms with Crippen molar-refractivity contribution in [1.29, 1.82) is 0 Å². The van der Waals surface area contributed by atoms with Gasteiger partial charge in [-0.05, 0) is 44.5 Å². The number of imidazole rings is 1. The highest BCUT2D eigenvalue weighted by Gasteiger charge is 2.22. The molecule has 4 aromatic rings. The number of benzene rings is 1. The number of anilines is 4. The summed E-state index contributed by atoms with van der Waals surface area (Å²) in [7, 11) is 1.55. The Hall–Kier alpha value is -3.83. The number of aromatic nitrogens is 5. The number of piperazine rings is 1. The molecule has 200 valence electrons. The number of pyridine rings is 1. The molecule has 0 aliphatic carbocycles. The number of nitrogen functional groups attached to an aromatic ring is 1. The minimum absolute atomic E-state index is 0.146. The molecule has 1 fully saturated rings. The molecule has 0 saturated carbocycles. The molecule has 3 aromatic heterocycles. The highest BCUT2D eigenvalue weighted by atomic mass is 35.5. The fourth-order valence-corrected chi connectivity index (χ4v) is 4.74. The number of nitrogens with one attached hydrogen (secondary N) is 1. The Kier molecular flexibility index (Phi) is 6.89. The van der Waals surface area contributed by atoms with Crippen molar-refractivity contribution in [3.63, 3.8) is 0 Å². The molecule has 0 unspecified atom stereocenters. The summed E-state index contributed by atoms with van der Waals surface area (Å²) in [6.07, 6.45) is 3.93. The van der Waals surface area contributed by atoms with Gasteiger partial charge in [0.2, 0.25) is 17.8 Å². The van der Waals surface area contributed by atoms with E-state index in [1.165, 1.54) is 0 Å². The van der Waals surface area contributed by atoms with Crippen LogP contribution in [0.3, 0.4) is 0 Å². The van der Waals surface area contributed by atoms with Crippen LogP contribution in [0, 0.1) is 0 Å². The predicted molar refractivity (Wildman–Crippen MR) is 150 cm³/mol. The second kappa shape index (κ2) is 10.1. The first-order valence-electron chi connectivity index (χ1n) is 12.4. The van der Waals surface area contributed by atoms with Crippen LogP contribution in [0.4, 0.5) is 23.5 Å². The maximum absolute atomic E-state index is 9.90. The lowest BCUT2D eigenvalue weighted by molar-refractivity contribution is 0.281. The van der Waals surface area contributed by atoms with Crippen molar-refractivity contribution >= 4 is 40.8 Å². The van der Waals surface area contributed by atoms with Gasteiger partial charge in [-0.25, -0.2) is 4.98 Å². The molecule has 1 aromatic carbocycles. The molecule has 4 heterocycles.